The van der Waals surface area contributed by atoms with Gasteiger partial charge in [0.2, 0.25) is 0 Å². The fourth-order valence-electron chi connectivity index (χ4n) is 10.3. The molecule has 2 bridgehead atoms. The van der Waals surface area contributed by atoms with Gasteiger partial charge in [-0.1, -0.05) is 75.4 Å². The largest absolute Gasteiger partial charge is 0.462 e. The predicted molar refractivity (Wildman–Crippen MR) is 215 cm³/mol. The molecule has 4 aliphatic rings. The smallest absolute Gasteiger partial charge is 0.338 e. The van der Waals surface area contributed by atoms with Gasteiger partial charge in [0.1, 0.15) is 30.0 Å². The van der Waals surface area contributed by atoms with Gasteiger partial charge in [0.15, 0.2) is 17.8 Å². The summed E-state index contributed by atoms with van der Waals surface area (Å²) in [5, 5.41) is 13.9. The highest BCUT2D eigenvalue weighted by atomic mass is 16.6. The molecule has 1 aliphatic heterocycles. The van der Waals surface area contributed by atoms with Crippen molar-refractivity contribution in [1.82, 2.24) is 0 Å². The summed E-state index contributed by atoms with van der Waals surface area (Å²) in [6, 6.07) is 24.2. The van der Waals surface area contributed by atoms with E-state index in [1.54, 1.807) is 94.4 Å². The van der Waals surface area contributed by atoms with Crippen LogP contribution in [0.15, 0.2) is 102 Å². The number of carbonyl (C=O) groups is 6. The zero-order valence-corrected chi connectivity index (χ0v) is 35.1. The van der Waals surface area contributed by atoms with Crippen molar-refractivity contribution < 1.29 is 67.0 Å². The molecule has 0 amide bonds. The number of hydrogen-bond acceptors (Lipinski definition) is 14. The van der Waals surface area contributed by atoms with Gasteiger partial charge < -0.3 is 38.3 Å². The van der Waals surface area contributed by atoms with E-state index < -0.39 is 100 Å². The average Bonchev–Trinajstić information content (AvgIpc) is 3.21. The van der Waals surface area contributed by atoms with Crippen LogP contribution in [0.25, 0.3) is 0 Å². The van der Waals surface area contributed by atoms with Gasteiger partial charge in [-0.15, -0.1) is 0 Å². The maximum absolute atomic E-state index is 14.6. The fraction of sp³-hybridized carbons (Fsp3) is 0.447. The molecule has 1 saturated heterocycles. The van der Waals surface area contributed by atoms with E-state index >= 15 is 0 Å². The highest BCUT2D eigenvalue weighted by molar-refractivity contribution is 5.91. The summed E-state index contributed by atoms with van der Waals surface area (Å²) in [6.07, 6.45) is -8.98. The first-order valence-corrected chi connectivity index (χ1v) is 20.2. The van der Waals surface area contributed by atoms with Crippen LogP contribution in [0.2, 0.25) is 0 Å². The number of benzene rings is 3. The van der Waals surface area contributed by atoms with Crippen molar-refractivity contribution in [3.8, 4) is 0 Å². The molecule has 0 spiro atoms. The molecule has 322 valence electrons. The van der Waals surface area contributed by atoms with Gasteiger partial charge in [0.05, 0.1) is 34.6 Å². The van der Waals surface area contributed by atoms with Crippen LogP contribution in [0.1, 0.15) is 92.4 Å². The Morgan fingerprint density at radius 2 is 1.11 bits per heavy atom. The summed E-state index contributed by atoms with van der Waals surface area (Å²) in [5.74, 6) is -6.21. The van der Waals surface area contributed by atoms with Crippen LogP contribution < -0.4 is 0 Å². The molecule has 61 heavy (non-hydrogen) atoms. The number of ether oxygens (including phenoxy) is 7. The Labute approximate surface area is 353 Å². The normalized spacial score (nSPS) is 32.2. The fourth-order valence-corrected chi connectivity index (χ4v) is 10.3. The number of hydrogen-bond donors (Lipinski definition) is 1. The minimum atomic E-state index is -2.27. The predicted octanol–water partition coefficient (Wildman–Crippen LogP) is 5.74. The summed E-state index contributed by atoms with van der Waals surface area (Å²) in [7, 11) is 0. The number of esters is 6. The number of fused-ring (bicyclic) bond motifs is 5. The van der Waals surface area contributed by atoms with Crippen LogP contribution in [-0.2, 0) is 47.5 Å². The molecule has 2 saturated carbocycles. The number of rotatable bonds is 9. The van der Waals surface area contributed by atoms with Crippen molar-refractivity contribution in [3.63, 3.8) is 0 Å². The maximum Gasteiger partial charge on any atom is 0.338 e. The molecular formula is C47H50O14. The van der Waals surface area contributed by atoms with Gasteiger partial charge in [-0.2, -0.15) is 0 Å². The Morgan fingerprint density at radius 3 is 1.56 bits per heavy atom. The Bertz CT molecular complexity index is 2240. The first-order chi connectivity index (χ1) is 28.8. The van der Waals surface area contributed by atoms with E-state index in [1.807, 2.05) is 0 Å². The Hall–Kier alpha value is -5.86. The second-order valence-corrected chi connectivity index (χ2v) is 17.0. The third-order valence-electron chi connectivity index (χ3n) is 13.2. The lowest BCUT2D eigenvalue weighted by atomic mass is 9.44. The molecule has 10 atom stereocenters. The summed E-state index contributed by atoms with van der Waals surface area (Å²) in [4.78, 5) is 83.0. The van der Waals surface area contributed by atoms with Gasteiger partial charge >= 0.3 is 35.8 Å². The molecule has 1 N–H and O–H groups in total. The van der Waals surface area contributed by atoms with Gasteiger partial charge in [-0.3, -0.25) is 14.4 Å². The molecule has 1 heterocycles. The van der Waals surface area contributed by atoms with Gasteiger partial charge in [-0.05, 0) is 54.5 Å². The molecule has 3 aromatic carbocycles. The molecule has 14 heteroatoms. The minimum Gasteiger partial charge on any atom is -0.462 e. The molecule has 3 aliphatic carbocycles. The van der Waals surface area contributed by atoms with Crippen molar-refractivity contribution in [2.24, 2.45) is 16.7 Å². The lowest BCUT2D eigenvalue weighted by Gasteiger charge is -2.69. The van der Waals surface area contributed by atoms with E-state index in [9.17, 15) is 33.9 Å². The highest BCUT2D eigenvalue weighted by Crippen LogP contribution is 2.66. The Balaban J connectivity index is 1.60. The summed E-state index contributed by atoms with van der Waals surface area (Å²) < 4.78 is 44.4. The van der Waals surface area contributed by atoms with Crippen molar-refractivity contribution in [2.45, 2.75) is 109 Å². The topological polar surface area (TPSA) is 187 Å². The number of aliphatic hydroxyl groups is 1. The van der Waals surface area contributed by atoms with Crippen LogP contribution >= 0.6 is 0 Å². The maximum atomic E-state index is 14.6. The molecule has 3 aromatic rings. The third kappa shape index (κ3) is 7.39. The molecule has 3 fully saturated rings. The molecule has 0 aromatic heterocycles. The van der Waals surface area contributed by atoms with Crippen molar-refractivity contribution >= 4 is 35.8 Å². The van der Waals surface area contributed by atoms with E-state index in [0.717, 1.165) is 0 Å². The first-order valence-electron chi connectivity index (χ1n) is 20.2. The van der Waals surface area contributed by atoms with Crippen LogP contribution in [0.4, 0.5) is 0 Å². The Morgan fingerprint density at radius 1 is 0.639 bits per heavy atom. The summed E-state index contributed by atoms with van der Waals surface area (Å²) >= 11 is 0. The molecular weight excluding hydrogens is 789 g/mol. The first kappa shape index (κ1) is 43.2. The van der Waals surface area contributed by atoms with Gasteiger partial charge in [0.25, 0.3) is 0 Å². The van der Waals surface area contributed by atoms with Crippen LogP contribution in [-0.4, -0.2) is 95.4 Å². The van der Waals surface area contributed by atoms with E-state index in [0.29, 0.717) is 5.57 Å². The van der Waals surface area contributed by atoms with Crippen LogP contribution in [0.5, 0.6) is 0 Å². The average molecular weight is 839 g/mol. The molecule has 14 nitrogen and oxygen atoms in total. The van der Waals surface area contributed by atoms with Crippen LogP contribution in [0, 0.1) is 16.7 Å². The monoisotopic (exact) mass is 838 g/mol. The second kappa shape index (κ2) is 16.2. The van der Waals surface area contributed by atoms with Crippen molar-refractivity contribution in [1.29, 1.82) is 0 Å². The zero-order chi connectivity index (χ0) is 44.1. The lowest BCUT2D eigenvalue weighted by molar-refractivity contribution is -0.364. The van der Waals surface area contributed by atoms with E-state index in [2.05, 4.69) is 0 Å². The molecule has 0 unspecified atom stereocenters. The standard InChI is InChI=1S/C47H50O14/c1-26-33(56-27(2)48)24-47(54)40(60-43(53)32-21-15-10-16-22-32)38-45(7,34(57-28(3)49)23-35-46(38,25-55-35)61-29(4)50)39(59-42(52)31-19-13-9-14-20-31)37(36(26)44(47,5)6)58-41(51)30-17-11-8-12-18-30/h8-22,33-35,37-40,54H,23-25H2,1-7H3/t33-,34-,35+,37+,38-,39-,40-,45+,46-,47+/m0/s1. The summed E-state index contributed by atoms with van der Waals surface area (Å²) in [5.41, 5.74) is -6.53. The second-order valence-electron chi connectivity index (χ2n) is 17.0. The van der Waals surface area contributed by atoms with E-state index in [4.69, 9.17) is 33.2 Å². The summed E-state index contributed by atoms with van der Waals surface area (Å²) in [6.45, 7) is 9.95. The van der Waals surface area contributed by atoms with Crippen LogP contribution in [0.3, 0.4) is 0 Å². The SMILES string of the molecule is CC(=O)O[C@H]1C[C@@]2(O)[C@@H](OC(=O)c3ccccc3)[C@@H]3[C@]4(OC(C)=O)CO[C@@H]4C[C@H](OC(C)=O)[C@@]3(C)[C@@H](OC(=O)c3ccccc3)[C@H](OC(=O)c3ccccc3)C(=C1C)C2(C)C. The quantitative estimate of drug-likeness (QED) is 0.156. The molecule has 0 radical (unpaired) electrons. The van der Waals surface area contributed by atoms with Gasteiger partial charge in [0, 0.05) is 39.0 Å². The minimum absolute atomic E-state index is 0.115. The van der Waals surface area contributed by atoms with E-state index in [-0.39, 0.29) is 41.7 Å². The van der Waals surface area contributed by atoms with E-state index in [1.165, 1.54) is 45.0 Å². The zero-order valence-electron chi connectivity index (χ0n) is 35.1. The van der Waals surface area contributed by atoms with Crippen molar-refractivity contribution in [3.05, 3.63) is 119 Å². The van der Waals surface area contributed by atoms with Gasteiger partial charge in [-0.25, -0.2) is 14.4 Å². The highest BCUT2D eigenvalue weighted by Gasteiger charge is 2.79. The molecule has 7 rings (SSSR count). The number of carbonyl (C=O) groups excluding carboxylic acids is 6. The lowest BCUT2D eigenvalue weighted by Crippen LogP contribution is -2.83. The van der Waals surface area contributed by atoms with Crippen molar-refractivity contribution in [2.75, 3.05) is 6.61 Å². The Kier molecular flexibility index (Phi) is 11.5. The third-order valence-corrected chi connectivity index (χ3v) is 13.2.